The Morgan fingerprint density at radius 2 is 1.74 bits per heavy atom. The van der Waals surface area contributed by atoms with Crippen LogP contribution in [0.2, 0.25) is 0 Å². The predicted molar refractivity (Wildman–Crippen MR) is 133 cm³/mol. The highest BCUT2D eigenvalue weighted by Crippen LogP contribution is 2.33. The summed E-state index contributed by atoms with van der Waals surface area (Å²) in [6, 6.07) is 21.7. The number of carbonyl (C=O) groups excluding carboxylic acids is 3. The van der Waals surface area contributed by atoms with Crippen LogP contribution in [0.3, 0.4) is 0 Å². The van der Waals surface area contributed by atoms with Gasteiger partial charge in [0.15, 0.2) is 0 Å². The summed E-state index contributed by atoms with van der Waals surface area (Å²) in [6.07, 6.45) is 3.61. The van der Waals surface area contributed by atoms with Gasteiger partial charge in [-0.2, -0.15) is 0 Å². The molecule has 3 amide bonds. The van der Waals surface area contributed by atoms with Crippen molar-refractivity contribution in [2.24, 2.45) is 0 Å². The van der Waals surface area contributed by atoms with E-state index in [1.807, 2.05) is 48.5 Å². The average molecular weight is 473 g/mol. The lowest BCUT2D eigenvalue weighted by molar-refractivity contribution is -0.135. The molecule has 0 aromatic heterocycles. The molecule has 2 fully saturated rings. The van der Waals surface area contributed by atoms with E-state index in [4.69, 9.17) is 4.74 Å². The van der Waals surface area contributed by atoms with E-state index in [-0.39, 0.29) is 12.5 Å². The van der Waals surface area contributed by atoms with Gasteiger partial charge in [-0.15, -0.1) is 0 Å². The second-order valence-corrected chi connectivity index (χ2v) is 9.35. The van der Waals surface area contributed by atoms with Crippen LogP contribution in [0, 0.1) is 0 Å². The molecular weight excluding hydrogens is 448 g/mol. The topological polar surface area (TPSA) is 66.9 Å². The highest BCUT2D eigenvalue weighted by Gasteiger charge is 2.37. The van der Waals surface area contributed by atoms with Crippen molar-refractivity contribution in [2.75, 3.05) is 19.6 Å². The lowest BCUT2D eigenvalue weighted by Crippen LogP contribution is -2.40. The van der Waals surface area contributed by atoms with Crippen molar-refractivity contribution >= 4 is 45.7 Å². The van der Waals surface area contributed by atoms with Gasteiger partial charge in [-0.3, -0.25) is 19.3 Å². The third-order valence-electron chi connectivity index (χ3n) is 6.06. The number of nitrogens with zero attached hydrogens (tertiary/aromatic N) is 2. The molecule has 0 saturated carbocycles. The molecule has 2 aliphatic heterocycles. The molecular formula is C27H24N2O4S. The summed E-state index contributed by atoms with van der Waals surface area (Å²) in [5.41, 5.74) is 1.85. The number of fused-ring (bicyclic) bond motifs is 1. The summed E-state index contributed by atoms with van der Waals surface area (Å²) in [4.78, 5) is 40.7. The number of ether oxygens (including phenoxy) is 1. The summed E-state index contributed by atoms with van der Waals surface area (Å²) in [5.74, 6) is 0.0691. The fourth-order valence-electron chi connectivity index (χ4n) is 4.26. The van der Waals surface area contributed by atoms with Gasteiger partial charge >= 0.3 is 0 Å². The zero-order valence-electron chi connectivity index (χ0n) is 18.6. The van der Waals surface area contributed by atoms with Crippen LogP contribution in [0.25, 0.3) is 16.8 Å². The van der Waals surface area contributed by atoms with Crippen LogP contribution >= 0.6 is 11.8 Å². The minimum absolute atomic E-state index is 0.176. The summed E-state index contributed by atoms with van der Waals surface area (Å²) in [7, 11) is 0. The van der Waals surface area contributed by atoms with E-state index in [9.17, 15) is 14.4 Å². The highest BCUT2D eigenvalue weighted by molar-refractivity contribution is 8.18. The monoisotopic (exact) mass is 472 g/mol. The van der Waals surface area contributed by atoms with Crippen LogP contribution < -0.4 is 4.74 Å². The Labute approximate surface area is 202 Å². The van der Waals surface area contributed by atoms with E-state index < -0.39 is 11.1 Å². The first kappa shape index (κ1) is 22.2. The van der Waals surface area contributed by atoms with Gasteiger partial charge in [-0.25, -0.2) is 0 Å². The summed E-state index contributed by atoms with van der Waals surface area (Å²) < 4.78 is 6.04. The molecule has 34 heavy (non-hydrogen) atoms. The third-order valence-corrected chi connectivity index (χ3v) is 6.96. The molecule has 2 aliphatic rings. The number of hydrogen-bond donors (Lipinski definition) is 0. The Morgan fingerprint density at radius 1 is 0.971 bits per heavy atom. The second kappa shape index (κ2) is 9.73. The van der Waals surface area contributed by atoms with Gasteiger partial charge in [0.1, 0.15) is 18.9 Å². The molecule has 2 heterocycles. The number of hydrogen-bond acceptors (Lipinski definition) is 5. The first-order valence-corrected chi connectivity index (χ1v) is 12.1. The van der Waals surface area contributed by atoms with Gasteiger partial charge in [0.05, 0.1) is 4.91 Å². The lowest BCUT2D eigenvalue weighted by Gasteiger charge is -2.18. The van der Waals surface area contributed by atoms with E-state index in [2.05, 4.69) is 18.2 Å². The fourth-order valence-corrected chi connectivity index (χ4v) is 5.10. The zero-order valence-corrected chi connectivity index (χ0v) is 19.4. The zero-order chi connectivity index (χ0) is 23.5. The van der Waals surface area contributed by atoms with Crippen LogP contribution in [0.1, 0.15) is 24.0 Å². The van der Waals surface area contributed by atoms with E-state index in [1.165, 1.54) is 0 Å². The molecule has 0 bridgehead atoms. The molecule has 3 aromatic carbocycles. The molecule has 5 rings (SSSR count). The number of likely N-dealkylation sites (tertiary alicyclic amines) is 1. The lowest BCUT2D eigenvalue weighted by atomic mass is 10.1. The van der Waals surface area contributed by atoms with Crippen molar-refractivity contribution in [3.63, 3.8) is 0 Å². The standard InChI is InChI=1S/C27H24N2O4S/c30-25(28-13-3-4-14-28)17-29-26(31)24(34-27(29)32)16-19-7-5-11-22(15-19)33-18-21-10-6-9-20-8-1-2-12-23(20)21/h1-2,5-12,15-16H,3-4,13-14,17-18H2/b24-16+. The minimum atomic E-state index is -0.426. The number of thioether (sulfide) groups is 1. The average Bonchev–Trinajstić information content (AvgIpc) is 3.48. The van der Waals surface area contributed by atoms with Crippen molar-refractivity contribution in [2.45, 2.75) is 19.4 Å². The van der Waals surface area contributed by atoms with E-state index in [1.54, 1.807) is 11.0 Å². The van der Waals surface area contributed by atoms with E-state index >= 15 is 0 Å². The van der Waals surface area contributed by atoms with Crippen molar-refractivity contribution in [1.29, 1.82) is 0 Å². The van der Waals surface area contributed by atoms with Gasteiger partial charge in [-0.1, -0.05) is 54.6 Å². The minimum Gasteiger partial charge on any atom is -0.489 e. The molecule has 0 spiro atoms. The van der Waals surface area contributed by atoms with Gasteiger partial charge in [0, 0.05) is 13.1 Å². The Hall–Kier alpha value is -3.58. The molecule has 0 radical (unpaired) electrons. The van der Waals surface area contributed by atoms with Crippen LogP contribution in [0.15, 0.2) is 71.6 Å². The van der Waals surface area contributed by atoms with Crippen LogP contribution in [0.4, 0.5) is 4.79 Å². The molecule has 2 saturated heterocycles. The number of imide groups is 1. The summed E-state index contributed by atoms with van der Waals surface area (Å²) >= 11 is 0.866. The normalized spacial score (nSPS) is 17.2. The van der Waals surface area contributed by atoms with Crippen molar-refractivity contribution in [3.8, 4) is 5.75 Å². The van der Waals surface area contributed by atoms with Crippen molar-refractivity contribution in [3.05, 3.63) is 82.8 Å². The van der Waals surface area contributed by atoms with Crippen LogP contribution in [-0.2, 0) is 16.2 Å². The van der Waals surface area contributed by atoms with E-state index in [0.717, 1.165) is 51.4 Å². The third kappa shape index (κ3) is 4.70. The molecule has 0 unspecified atom stereocenters. The summed E-state index contributed by atoms with van der Waals surface area (Å²) in [5, 5.41) is 1.90. The van der Waals surface area contributed by atoms with Crippen molar-refractivity contribution in [1.82, 2.24) is 9.80 Å². The number of benzene rings is 3. The largest absolute Gasteiger partial charge is 0.489 e. The quantitative estimate of drug-likeness (QED) is 0.468. The van der Waals surface area contributed by atoms with Gasteiger partial charge in [0.25, 0.3) is 11.1 Å². The molecule has 3 aromatic rings. The maximum Gasteiger partial charge on any atom is 0.294 e. The second-order valence-electron chi connectivity index (χ2n) is 8.36. The molecule has 0 atom stereocenters. The van der Waals surface area contributed by atoms with E-state index in [0.29, 0.717) is 30.4 Å². The Bertz CT molecular complexity index is 1290. The number of rotatable bonds is 6. The molecule has 6 nitrogen and oxygen atoms in total. The highest BCUT2D eigenvalue weighted by atomic mass is 32.2. The number of amides is 3. The molecule has 0 N–H and O–H groups in total. The van der Waals surface area contributed by atoms with Crippen LogP contribution in [0.5, 0.6) is 5.75 Å². The maximum absolute atomic E-state index is 12.8. The number of carbonyl (C=O) groups is 3. The Kier molecular flexibility index (Phi) is 6.36. The smallest absolute Gasteiger partial charge is 0.294 e. The molecule has 7 heteroatoms. The maximum atomic E-state index is 12.8. The van der Waals surface area contributed by atoms with Crippen molar-refractivity contribution < 1.29 is 19.1 Å². The fraction of sp³-hybridized carbons (Fsp3) is 0.222. The Morgan fingerprint density at radius 3 is 2.59 bits per heavy atom. The first-order valence-electron chi connectivity index (χ1n) is 11.3. The van der Waals surface area contributed by atoms with Gasteiger partial charge < -0.3 is 9.64 Å². The SMILES string of the molecule is O=C(CN1C(=O)S/C(=C/c2cccc(OCc3cccc4ccccc34)c2)C1=O)N1CCCC1. The molecule has 172 valence electrons. The van der Waals surface area contributed by atoms with Crippen LogP contribution in [-0.4, -0.2) is 46.5 Å². The summed E-state index contributed by atoms with van der Waals surface area (Å²) in [6.45, 7) is 1.60. The Balaban J connectivity index is 1.27. The van der Waals surface area contributed by atoms with Gasteiger partial charge in [0.2, 0.25) is 5.91 Å². The predicted octanol–water partition coefficient (Wildman–Crippen LogP) is 5.08. The molecule has 0 aliphatic carbocycles. The van der Waals surface area contributed by atoms with Gasteiger partial charge in [-0.05, 0) is 64.7 Å². The first-order chi connectivity index (χ1) is 16.6.